The van der Waals surface area contributed by atoms with Gasteiger partial charge in [0, 0.05) is 40.9 Å². The molecule has 2 aliphatic rings. The van der Waals surface area contributed by atoms with Crippen molar-refractivity contribution in [2.45, 2.75) is 63.3 Å². The zero-order chi connectivity index (χ0) is 13.8. The second-order valence-electron chi connectivity index (χ2n) is 5.84. The Labute approximate surface area is 119 Å². The van der Waals surface area contributed by atoms with Gasteiger partial charge in [0.2, 0.25) is 0 Å². The van der Waals surface area contributed by atoms with Gasteiger partial charge in [0.05, 0.1) is 0 Å². The lowest BCUT2D eigenvalue weighted by molar-refractivity contribution is 0.413. The van der Waals surface area contributed by atoms with E-state index in [0.29, 0.717) is 17.3 Å². The molecule has 0 spiro atoms. The molecular weight excluding hydrogens is 258 g/mol. The van der Waals surface area contributed by atoms with Crippen LogP contribution < -0.4 is 10.6 Å². The van der Waals surface area contributed by atoms with Crippen molar-refractivity contribution in [2.24, 2.45) is 10.9 Å². The third-order valence-corrected chi connectivity index (χ3v) is 6.02. The summed E-state index contributed by atoms with van der Waals surface area (Å²) in [5.74, 6) is 2.47. The van der Waals surface area contributed by atoms with E-state index in [2.05, 4.69) is 22.5 Å². The van der Waals surface area contributed by atoms with Crippen LogP contribution in [0.4, 0.5) is 0 Å². The highest BCUT2D eigenvalue weighted by atomic mass is 32.2. The third-order valence-electron chi connectivity index (χ3n) is 4.28. The van der Waals surface area contributed by atoms with Gasteiger partial charge in [-0.15, -0.1) is 0 Å². The standard InChI is InChI=1S/C14H27N3OS/c1-4-19(18)12-7-5-6-11(9-12)16-14(15-3)17-13-8-10(13)2/h10-13H,4-9H2,1-3H3,(H2,15,16,17). The summed E-state index contributed by atoms with van der Waals surface area (Å²) in [6.45, 7) is 4.27. The third kappa shape index (κ3) is 4.20. The Bertz CT molecular complexity index is 359. The Hall–Kier alpha value is -0.580. The molecule has 0 aliphatic heterocycles. The maximum absolute atomic E-state index is 11.9. The van der Waals surface area contributed by atoms with Crippen LogP contribution in [0.5, 0.6) is 0 Å². The maximum Gasteiger partial charge on any atom is 0.191 e. The minimum absolute atomic E-state index is 0.370. The molecule has 0 heterocycles. The first-order valence-electron chi connectivity index (χ1n) is 7.51. The van der Waals surface area contributed by atoms with Crippen LogP contribution in [-0.2, 0) is 10.8 Å². The number of nitrogens with zero attached hydrogens (tertiary/aromatic N) is 1. The zero-order valence-electron chi connectivity index (χ0n) is 12.3. The van der Waals surface area contributed by atoms with E-state index >= 15 is 0 Å². The summed E-state index contributed by atoms with van der Waals surface area (Å²) >= 11 is 0. The number of aliphatic imine (C=N–C) groups is 1. The lowest BCUT2D eigenvalue weighted by atomic mass is 9.95. The molecule has 19 heavy (non-hydrogen) atoms. The van der Waals surface area contributed by atoms with Gasteiger partial charge in [0.15, 0.2) is 5.96 Å². The molecule has 2 aliphatic carbocycles. The van der Waals surface area contributed by atoms with E-state index in [1.54, 1.807) is 0 Å². The van der Waals surface area contributed by atoms with Gasteiger partial charge in [0.1, 0.15) is 0 Å². The van der Waals surface area contributed by atoms with Crippen molar-refractivity contribution in [3.8, 4) is 0 Å². The van der Waals surface area contributed by atoms with Crippen molar-refractivity contribution >= 4 is 16.8 Å². The van der Waals surface area contributed by atoms with Crippen LogP contribution in [0, 0.1) is 5.92 Å². The fourth-order valence-electron chi connectivity index (χ4n) is 2.81. The Morgan fingerprint density at radius 2 is 2.05 bits per heavy atom. The molecule has 0 amide bonds. The average Bonchev–Trinajstić information content (AvgIpc) is 3.12. The highest BCUT2D eigenvalue weighted by molar-refractivity contribution is 7.85. The molecule has 0 radical (unpaired) electrons. The maximum atomic E-state index is 11.9. The highest BCUT2D eigenvalue weighted by Gasteiger charge is 2.34. The Morgan fingerprint density at radius 1 is 1.32 bits per heavy atom. The van der Waals surface area contributed by atoms with Gasteiger partial charge in [-0.05, 0) is 31.6 Å². The number of hydrogen-bond acceptors (Lipinski definition) is 2. The number of guanidine groups is 1. The van der Waals surface area contributed by atoms with Gasteiger partial charge in [0.25, 0.3) is 0 Å². The molecule has 4 nitrogen and oxygen atoms in total. The predicted molar refractivity (Wildman–Crippen MR) is 81.9 cm³/mol. The van der Waals surface area contributed by atoms with E-state index in [4.69, 9.17) is 0 Å². The molecule has 0 aromatic heterocycles. The minimum atomic E-state index is -0.655. The molecule has 5 atom stereocenters. The quantitative estimate of drug-likeness (QED) is 0.610. The molecule has 0 bridgehead atoms. The summed E-state index contributed by atoms with van der Waals surface area (Å²) in [6.07, 6.45) is 5.71. The van der Waals surface area contributed by atoms with E-state index in [0.717, 1.165) is 30.5 Å². The minimum Gasteiger partial charge on any atom is -0.354 e. The monoisotopic (exact) mass is 285 g/mol. The molecule has 110 valence electrons. The van der Waals surface area contributed by atoms with Gasteiger partial charge in [-0.2, -0.15) is 0 Å². The van der Waals surface area contributed by atoms with E-state index in [1.165, 1.54) is 19.3 Å². The summed E-state index contributed by atoms with van der Waals surface area (Å²) in [7, 11) is 1.17. The topological polar surface area (TPSA) is 53.5 Å². The highest BCUT2D eigenvalue weighted by Crippen LogP contribution is 2.29. The number of nitrogens with one attached hydrogen (secondary N) is 2. The van der Waals surface area contributed by atoms with Crippen LogP contribution in [0.1, 0.15) is 46.0 Å². The lowest BCUT2D eigenvalue weighted by Crippen LogP contribution is -2.47. The van der Waals surface area contributed by atoms with E-state index in [9.17, 15) is 4.21 Å². The SMILES string of the molecule is CCS(=O)C1CCCC(NC(=NC)NC2CC2C)C1. The lowest BCUT2D eigenvalue weighted by Gasteiger charge is -2.30. The Balaban J connectivity index is 1.82. The zero-order valence-corrected chi connectivity index (χ0v) is 13.1. The predicted octanol–water partition coefficient (Wildman–Crippen LogP) is 1.64. The first-order chi connectivity index (χ1) is 9.13. The smallest absolute Gasteiger partial charge is 0.191 e. The summed E-state index contributed by atoms with van der Waals surface area (Å²) in [4.78, 5) is 4.31. The van der Waals surface area contributed by atoms with Gasteiger partial charge in [-0.1, -0.05) is 20.3 Å². The Kier molecular flexibility index (Phi) is 5.25. The van der Waals surface area contributed by atoms with Crippen LogP contribution in [0.2, 0.25) is 0 Å². The van der Waals surface area contributed by atoms with Crippen LogP contribution in [0.3, 0.4) is 0 Å². The molecule has 2 fully saturated rings. The van der Waals surface area contributed by atoms with E-state index in [1.807, 2.05) is 14.0 Å². The summed E-state index contributed by atoms with van der Waals surface area (Å²) in [5.41, 5.74) is 0. The Morgan fingerprint density at radius 3 is 2.63 bits per heavy atom. The molecular formula is C14H27N3OS. The number of rotatable bonds is 4. The fraction of sp³-hybridized carbons (Fsp3) is 0.929. The van der Waals surface area contributed by atoms with Crippen molar-refractivity contribution in [3.05, 3.63) is 0 Å². The summed E-state index contributed by atoms with van der Waals surface area (Å²) < 4.78 is 11.9. The van der Waals surface area contributed by atoms with Gasteiger partial charge >= 0.3 is 0 Å². The van der Waals surface area contributed by atoms with Crippen molar-refractivity contribution in [2.75, 3.05) is 12.8 Å². The molecule has 0 aromatic rings. The molecule has 2 saturated carbocycles. The second-order valence-corrected chi connectivity index (χ2v) is 7.84. The molecule has 2 rings (SSSR count). The van der Waals surface area contributed by atoms with Crippen LogP contribution >= 0.6 is 0 Å². The molecule has 2 N–H and O–H groups in total. The van der Waals surface area contributed by atoms with Crippen molar-refractivity contribution in [1.82, 2.24) is 10.6 Å². The second kappa shape index (κ2) is 6.73. The van der Waals surface area contributed by atoms with Crippen LogP contribution in [0.15, 0.2) is 4.99 Å². The largest absolute Gasteiger partial charge is 0.354 e. The normalized spacial score (nSPS) is 36.7. The van der Waals surface area contributed by atoms with Gasteiger partial charge < -0.3 is 10.6 Å². The first kappa shape index (κ1) is 14.8. The van der Waals surface area contributed by atoms with E-state index in [-0.39, 0.29) is 0 Å². The molecule has 0 aromatic carbocycles. The van der Waals surface area contributed by atoms with E-state index < -0.39 is 10.8 Å². The van der Waals surface area contributed by atoms with Gasteiger partial charge in [-0.3, -0.25) is 9.20 Å². The average molecular weight is 285 g/mol. The van der Waals surface area contributed by atoms with Crippen molar-refractivity contribution in [3.63, 3.8) is 0 Å². The van der Waals surface area contributed by atoms with Crippen LogP contribution in [-0.4, -0.2) is 40.3 Å². The van der Waals surface area contributed by atoms with Crippen LogP contribution in [0.25, 0.3) is 0 Å². The summed E-state index contributed by atoms with van der Waals surface area (Å²) in [6, 6.07) is 1.02. The fourth-order valence-corrected chi connectivity index (χ4v) is 4.16. The number of hydrogen-bond donors (Lipinski definition) is 2. The van der Waals surface area contributed by atoms with Crippen molar-refractivity contribution < 1.29 is 4.21 Å². The van der Waals surface area contributed by atoms with Gasteiger partial charge in [-0.25, -0.2) is 0 Å². The summed E-state index contributed by atoms with van der Waals surface area (Å²) in [5, 5.41) is 7.34. The molecule has 5 heteroatoms. The van der Waals surface area contributed by atoms with Crippen molar-refractivity contribution in [1.29, 1.82) is 0 Å². The molecule has 0 saturated heterocycles. The first-order valence-corrected chi connectivity index (χ1v) is 8.89. The molecule has 5 unspecified atom stereocenters.